The maximum Gasteiger partial charge on any atom is 0.385 e. The molecule has 0 N–H and O–H groups in total. The molecule has 0 fully saturated rings. The summed E-state index contributed by atoms with van der Waals surface area (Å²) >= 11 is 0. The van der Waals surface area contributed by atoms with Gasteiger partial charge >= 0.3 is 7.60 Å². The second kappa shape index (κ2) is 7.30. The molecule has 7 heteroatoms. The minimum atomic E-state index is -3.52. The third-order valence-corrected chi connectivity index (χ3v) is 5.13. The second-order valence-corrected chi connectivity index (χ2v) is 7.18. The molecule has 0 spiro atoms. The van der Waals surface area contributed by atoms with Gasteiger partial charge in [0.25, 0.3) is 0 Å². The van der Waals surface area contributed by atoms with Crippen molar-refractivity contribution in [3.8, 4) is 11.5 Å². The van der Waals surface area contributed by atoms with E-state index in [1.165, 1.54) is 0 Å². The summed E-state index contributed by atoms with van der Waals surface area (Å²) in [5.41, 5.74) is 2.12. The molecule has 23 heavy (non-hydrogen) atoms. The van der Waals surface area contributed by atoms with Crippen LogP contribution in [0.3, 0.4) is 0 Å². The third kappa shape index (κ3) is 3.83. The molecule has 0 amide bonds. The fourth-order valence-electron chi connectivity index (χ4n) is 2.17. The predicted molar refractivity (Wildman–Crippen MR) is 91.5 cm³/mol. The molecule has 0 aliphatic carbocycles. The zero-order valence-corrected chi connectivity index (χ0v) is 15.1. The molecule has 0 radical (unpaired) electrons. The highest BCUT2D eigenvalue weighted by atomic mass is 31.2. The molecule has 1 aromatic carbocycles. The topological polar surface area (TPSA) is 64.8 Å². The van der Waals surface area contributed by atoms with E-state index in [2.05, 4.69) is 4.98 Å². The molecule has 6 nitrogen and oxygen atoms in total. The Bertz CT molecular complexity index is 702. The van der Waals surface area contributed by atoms with E-state index in [-0.39, 0.29) is 18.6 Å². The van der Waals surface area contributed by atoms with Crippen molar-refractivity contribution in [3.05, 3.63) is 29.8 Å². The minimum absolute atomic E-state index is 0.211. The molecular formula is C16H23N2O4P. The van der Waals surface area contributed by atoms with E-state index in [0.29, 0.717) is 11.8 Å². The smallest absolute Gasteiger partial charge is 0.385 e. The van der Waals surface area contributed by atoms with Crippen LogP contribution in [0.1, 0.15) is 19.4 Å². The molecular weight excluding hydrogens is 315 g/mol. The van der Waals surface area contributed by atoms with E-state index in [4.69, 9.17) is 13.5 Å². The summed E-state index contributed by atoms with van der Waals surface area (Å²) in [5, 5.41) is 0. The SMILES string of the molecule is CCOP(=O)(OCC)c1nc(-c2cccc(C)c2)oc1N(C)C. The van der Waals surface area contributed by atoms with Crippen LogP contribution in [-0.4, -0.2) is 32.3 Å². The van der Waals surface area contributed by atoms with Gasteiger partial charge in [-0.05, 0) is 32.9 Å². The molecule has 0 aliphatic heterocycles. The Balaban J connectivity index is 2.57. The first-order valence-corrected chi connectivity index (χ1v) is 9.10. The molecule has 0 atom stereocenters. The minimum Gasteiger partial charge on any atom is -0.420 e. The zero-order valence-electron chi connectivity index (χ0n) is 14.2. The van der Waals surface area contributed by atoms with Gasteiger partial charge in [-0.15, -0.1) is 0 Å². The van der Waals surface area contributed by atoms with Crippen LogP contribution in [0.5, 0.6) is 0 Å². The first-order chi connectivity index (χ1) is 10.9. The number of hydrogen-bond acceptors (Lipinski definition) is 6. The summed E-state index contributed by atoms with van der Waals surface area (Å²) in [6.07, 6.45) is 0. The molecule has 126 valence electrons. The maximum atomic E-state index is 13.1. The van der Waals surface area contributed by atoms with Crippen molar-refractivity contribution >= 4 is 18.9 Å². The van der Waals surface area contributed by atoms with Gasteiger partial charge in [-0.2, -0.15) is 4.98 Å². The van der Waals surface area contributed by atoms with Crippen LogP contribution in [0.2, 0.25) is 0 Å². The standard InChI is InChI=1S/C16H23N2O4P/c1-6-20-23(19,21-7-2)15-16(18(4)5)22-14(17-15)13-10-8-9-12(3)11-13/h8-11H,6-7H2,1-5H3. The van der Waals surface area contributed by atoms with E-state index in [9.17, 15) is 4.57 Å². The van der Waals surface area contributed by atoms with Crippen molar-refractivity contribution in [1.29, 1.82) is 0 Å². The van der Waals surface area contributed by atoms with Crippen LogP contribution in [0.15, 0.2) is 28.7 Å². The molecule has 1 heterocycles. The Morgan fingerprint density at radius 3 is 2.39 bits per heavy atom. The molecule has 2 rings (SSSR count). The van der Waals surface area contributed by atoms with Gasteiger partial charge in [-0.25, -0.2) is 0 Å². The fourth-order valence-corrected chi connectivity index (χ4v) is 3.87. The van der Waals surface area contributed by atoms with Crippen molar-refractivity contribution in [2.24, 2.45) is 0 Å². The molecule has 2 aromatic rings. The Labute approximate surface area is 137 Å². The van der Waals surface area contributed by atoms with Crippen LogP contribution in [0, 0.1) is 6.92 Å². The van der Waals surface area contributed by atoms with Crippen molar-refractivity contribution in [2.45, 2.75) is 20.8 Å². The van der Waals surface area contributed by atoms with E-state index in [1.54, 1.807) is 32.8 Å². The number of rotatable bonds is 7. The highest BCUT2D eigenvalue weighted by Gasteiger charge is 2.36. The van der Waals surface area contributed by atoms with E-state index in [1.807, 2.05) is 31.2 Å². The summed E-state index contributed by atoms with van der Waals surface area (Å²) < 4.78 is 29.7. The zero-order chi connectivity index (χ0) is 17.0. The predicted octanol–water partition coefficient (Wildman–Crippen LogP) is 3.61. The van der Waals surface area contributed by atoms with E-state index < -0.39 is 7.60 Å². The van der Waals surface area contributed by atoms with Gasteiger partial charge < -0.3 is 18.4 Å². The maximum absolute atomic E-state index is 13.1. The number of benzene rings is 1. The van der Waals surface area contributed by atoms with Gasteiger partial charge in [-0.1, -0.05) is 17.7 Å². The molecule has 0 aliphatic rings. The highest BCUT2D eigenvalue weighted by molar-refractivity contribution is 7.62. The van der Waals surface area contributed by atoms with Gasteiger partial charge in [0.05, 0.1) is 13.2 Å². The number of nitrogens with zero attached hydrogens (tertiary/aromatic N) is 2. The highest BCUT2D eigenvalue weighted by Crippen LogP contribution is 2.49. The van der Waals surface area contributed by atoms with Crippen LogP contribution >= 0.6 is 7.60 Å². The second-order valence-electron chi connectivity index (χ2n) is 5.24. The quantitative estimate of drug-likeness (QED) is 0.719. The lowest BCUT2D eigenvalue weighted by Crippen LogP contribution is -2.20. The largest absolute Gasteiger partial charge is 0.420 e. The molecule has 0 bridgehead atoms. The van der Waals surface area contributed by atoms with Gasteiger partial charge in [0.15, 0.2) is 0 Å². The van der Waals surface area contributed by atoms with Crippen molar-refractivity contribution in [1.82, 2.24) is 4.98 Å². The van der Waals surface area contributed by atoms with Gasteiger partial charge in [0.2, 0.25) is 17.2 Å². The first kappa shape index (κ1) is 17.7. The summed E-state index contributed by atoms with van der Waals surface area (Å²) in [6.45, 7) is 6.05. The number of oxazole rings is 1. The van der Waals surface area contributed by atoms with Gasteiger partial charge in [0, 0.05) is 19.7 Å². The van der Waals surface area contributed by atoms with E-state index in [0.717, 1.165) is 11.1 Å². The first-order valence-electron chi connectivity index (χ1n) is 7.56. The van der Waals surface area contributed by atoms with Crippen molar-refractivity contribution in [3.63, 3.8) is 0 Å². The van der Waals surface area contributed by atoms with Crippen LogP contribution in [-0.2, 0) is 13.6 Å². The Kier molecular flexibility index (Phi) is 5.63. The number of hydrogen-bond donors (Lipinski definition) is 0. The lowest BCUT2D eigenvalue weighted by molar-refractivity contribution is 0.229. The monoisotopic (exact) mass is 338 g/mol. The molecule has 0 unspecified atom stereocenters. The molecule has 1 aromatic heterocycles. The lowest BCUT2D eigenvalue weighted by Gasteiger charge is -2.17. The van der Waals surface area contributed by atoms with Crippen LogP contribution in [0.4, 0.5) is 5.88 Å². The summed E-state index contributed by atoms with van der Waals surface area (Å²) in [7, 11) is 0.0746. The summed E-state index contributed by atoms with van der Waals surface area (Å²) in [4.78, 5) is 6.15. The Morgan fingerprint density at radius 1 is 1.22 bits per heavy atom. The van der Waals surface area contributed by atoms with Crippen molar-refractivity contribution in [2.75, 3.05) is 32.2 Å². The number of anilines is 1. The van der Waals surface area contributed by atoms with Gasteiger partial charge in [0.1, 0.15) is 0 Å². The summed E-state index contributed by atoms with van der Waals surface area (Å²) in [5.74, 6) is 0.777. The van der Waals surface area contributed by atoms with Crippen LogP contribution in [0.25, 0.3) is 11.5 Å². The van der Waals surface area contributed by atoms with Crippen LogP contribution < -0.4 is 10.3 Å². The fraction of sp³-hybridized carbons (Fsp3) is 0.438. The Hall–Kier alpha value is -1.62. The van der Waals surface area contributed by atoms with Crippen molar-refractivity contribution < 1.29 is 18.0 Å². The Morgan fingerprint density at radius 2 is 1.87 bits per heavy atom. The average molecular weight is 338 g/mol. The summed E-state index contributed by atoms with van der Waals surface area (Å²) in [6, 6.07) is 7.77. The molecule has 0 saturated heterocycles. The van der Waals surface area contributed by atoms with Gasteiger partial charge in [-0.3, -0.25) is 4.57 Å². The number of aryl methyl sites for hydroxylation is 1. The lowest BCUT2D eigenvalue weighted by atomic mass is 10.1. The van der Waals surface area contributed by atoms with E-state index >= 15 is 0 Å². The average Bonchev–Trinajstić information content (AvgIpc) is 2.94. The molecule has 0 saturated carbocycles. The number of aromatic nitrogens is 1. The normalized spacial score (nSPS) is 11.7. The third-order valence-electron chi connectivity index (χ3n) is 3.12.